The summed E-state index contributed by atoms with van der Waals surface area (Å²) in [5, 5.41) is 23.6. The lowest BCUT2D eigenvalue weighted by Gasteiger charge is -2.31. The summed E-state index contributed by atoms with van der Waals surface area (Å²) in [6.07, 6.45) is 4.25. The fourth-order valence-corrected chi connectivity index (χ4v) is 4.02. The van der Waals surface area contributed by atoms with Crippen LogP contribution in [0.15, 0.2) is 60.9 Å². The van der Waals surface area contributed by atoms with E-state index in [0.29, 0.717) is 5.95 Å². The van der Waals surface area contributed by atoms with E-state index in [1.165, 1.54) is 17.1 Å². The number of hydrogen-bond acceptors (Lipinski definition) is 6. The molecule has 0 atom stereocenters. The molecule has 1 aliphatic rings. The SMILES string of the molecule is N#CC1CCN(c2nc(-n3cc(C(=O)O)cn3)nc3ccc(-c4ccccc4)cc23)CC1. The molecule has 158 valence electrons. The maximum atomic E-state index is 11.3. The Labute approximate surface area is 184 Å². The Morgan fingerprint density at radius 1 is 1.06 bits per heavy atom. The molecule has 3 heterocycles. The van der Waals surface area contributed by atoms with Gasteiger partial charge in [0.2, 0.25) is 0 Å². The van der Waals surface area contributed by atoms with Crippen molar-refractivity contribution < 1.29 is 9.90 Å². The van der Waals surface area contributed by atoms with Crippen LogP contribution in [-0.2, 0) is 0 Å². The van der Waals surface area contributed by atoms with Gasteiger partial charge < -0.3 is 10.0 Å². The second-order valence-corrected chi connectivity index (χ2v) is 7.81. The molecular weight excluding hydrogens is 404 g/mol. The molecule has 5 rings (SSSR count). The van der Waals surface area contributed by atoms with Crippen LogP contribution in [0.4, 0.5) is 5.82 Å². The number of anilines is 1. The molecule has 0 unspecified atom stereocenters. The normalized spacial score (nSPS) is 14.4. The van der Waals surface area contributed by atoms with Crippen molar-refractivity contribution in [1.82, 2.24) is 19.7 Å². The van der Waals surface area contributed by atoms with Gasteiger partial charge in [-0.05, 0) is 36.1 Å². The van der Waals surface area contributed by atoms with E-state index in [4.69, 9.17) is 4.98 Å². The summed E-state index contributed by atoms with van der Waals surface area (Å²) in [7, 11) is 0. The third-order valence-corrected chi connectivity index (χ3v) is 5.78. The minimum absolute atomic E-state index is 0.0583. The van der Waals surface area contributed by atoms with Crippen LogP contribution in [0.2, 0.25) is 0 Å². The zero-order valence-corrected chi connectivity index (χ0v) is 17.2. The van der Waals surface area contributed by atoms with Gasteiger partial charge in [-0.25, -0.2) is 14.5 Å². The zero-order valence-electron chi connectivity index (χ0n) is 17.2. The van der Waals surface area contributed by atoms with Crippen LogP contribution in [-0.4, -0.2) is 43.9 Å². The third kappa shape index (κ3) is 3.65. The van der Waals surface area contributed by atoms with E-state index in [2.05, 4.69) is 39.3 Å². The highest BCUT2D eigenvalue weighted by atomic mass is 16.4. The molecule has 8 nitrogen and oxygen atoms in total. The molecule has 0 radical (unpaired) electrons. The van der Waals surface area contributed by atoms with Crippen LogP contribution in [0.5, 0.6) is 0 Å². The Bertz CT molecular complexity index is 1330. The number of benzene rings is 2. The fraction of sp³-hybridized carbons (Fsp3) is 0.208. The van der Waals surface area contributed by atoms with Crippen LogP contribution >= 0.6 is 0 Å². The van der Waals surface area contributed by atoms with Crippen molar-refractivity contribution in [3.63, 3.8) is 0 Å². The van der Waals surface area contributed by atoms with Crippen molar-refractivity contribution in [2.75, 3.05) is 18.0 Å². The smallest absolute Gasteiger partial charge is 0.338 e. The number of aromatic nitrogens is 4. The molecule has 8 heteroatoms. The van der Waals surface area contributed by atoms with Gasteiger partial charge in [-0.15, -0.1) is 0 Å². The van der Waals surface area contributed by atoms with E-state index < -0.39 is 5.97 Å². The number of carbonyl (C=O) groups is 1. The van der Waals surface area contributed by atoms with Crippen LogP contribution in [0, 0.1) is 17.2 Å². The Kier molecular flexibility index (Phi) is 5.00. The van der Waals surface area contributed by atoms with Gasteiger partial charge in [-0.2, -0.15) is 15.3 Å². The summed E-state index contributed by atoms with van der Waals surface area (Å²) < 4.78 is 1.39. The van der Waals surface area contributed by atoms with E-state index in [1.54, 1.807) is 0 Å². The lowest BCUT2D eigenvalue weighted by atomic mass is 9.98. The van der Waals surface area contributed by atoms with E-state index in [0.717, 1.165) is 53.8 Å². The number of carboxylic acids is 1. The molecular formula is C24H20N6O2. The molecule has 0 bridgehead atoms. The number of hydrogen-bond donors (Lipinski definition) is 1. The number of aromatic carboxylic acids is 1. The van der Waals surface area contributed by atoms with E-state index in [9.17, 15) is 15.2 Å². The Morgan fingerprint density at radius 2 is 1.84 bits per heavy atom. The van der Waals surface area contributed by atoms with Gasteiger partial charge in [0.1, 0.15) is 5.82 Å². The lowest BCUT2D eigenvalue weighted by molar-refractivity contribution is 0.0697. The predicted octanol–water partition coefficient (Wildman–Crippen LogP) is 3.92. The number of nitrogens with zero attached hydrogens (tertiary/aromatic N) is 6. The molecule has 32 heavy (non-hydrogen) atoms. The first-order valence-electron chi connectivity index (χ1n) is 10.4. The highest BCUT2D eigenvalue weighted by molar-refractivity contribution is 5.93. The topological polar surface area (TPSA) is 108 Å². The first-order valence-corrected chi connectivity index (χ1v) is 10.4. The van der Waals surface area contributed by atoms with Gasteiger partial charge in [-0.1, -0.05) is 36.4 Å². The van der Waals surface area contributed by atoms with Crippen LogP contribution < -0.4 is 4.90 Å². The summed E-state index contributed by atoms with van der Waals surface area (Å²) in [5.74, 6) is 0.0905. The molecule has 2 aromatic heterocycles. The van der Waals surface area contributed by atoms with Crippen LogP contribution in [0.25, 0.3) is 28.0 Å². The van der Waals surface area contributed by atoms with Crippen molar-refractivity contribution in [3.8, 4) is 23.1 Å². The third-order valence-electron chi connectivity index (χ3n) is 5.78. The summed E-state index contributed by atoms with van der Waals surface area (Å²) >= 11 is 0. The minimum atomic E-state index is -1.05. The van der Waals surface area contributed by atoms with Gasteiger partial charge in [0, 0.05) is 30.6 Å². The molecule has 1 fully saturated rings. The summed E-state index contributed by atoms with van der Waals surface area (Å²) in [5.41, 5.74) is 2.99. The van der Waals surface area contributed by atoms with Crippen molar-refractivity contribution in [2.24, 2.45) is 5.92 Å². The van der Waals surface area contributed by atoms with Gasteiger partial charge in [-0.3, -0.25) is 0 Å². The highest BCUT2D eigenvalue weighted by Gasteiger charge is 2.23. The number of fused-ring (bicyclic) bond motifs is 1. The van der Waals surface area contributed by atoms with Gasteiger partial charge in [0.15, 0.2) is 0 Å². The second-order valence-electron chi connectivity index (χ2n) is 7.81. The van der Waals surface area contributed by atoms with Gasteiger partial charge >= 0.3 is 5.97 Å². The predicted molar refractivity (Wildman–Crippen MR) is 120 cm³/mol. The van der Waals surface area contributed by atoms with E-state index in [-0.39, 0.29) is 11.5 Å². The summed E-state index contributed by atoms with van der Waals surface area (Å²) in [6, 6.07) is 18.5. The lowest BCUT2D eigenvalue weighted by Crippen LogP contribution is -2.34. The Balaban J connectivity index is 1.64. The number of nitriles is 1. The Morgan fingerprint density at radius 3 is 2.53 bits per heavy atom. The molecule has 2 aromatic carbocycles. The summed E-state index contributed by atoms with van der Waals surface area (Å²) in [6.45, 7) is 1.44. The van der Waals surface area contributed by atoms with Crippen molar-refractivity contribution >= 4 is 22.7 Å². The van der Waals surface area contributed by atoms with E-state index in [1.807, 2.05) is 30.3 Å². The second kappa shape index (κ2) is 8.12. The standard InChI is InChI=1S/C24H20N6O2/c25-13-16-8-10-29(11-9-16)22-20-12-18(17-4-2-1-3-5-17)6-7-21(20)27-24(28-22)30-15-19(14-26-30)23(31)32/h1-7,12,14-16H,8-11H2,(H,31,32). The highest BCUT2D eigenvalue weighted by Crippen LogP contribution is 2.32. The van der Waals surface area contributed by atoms with Gasteiger partial charge in [0.05, 0.1) is 23.3 Å². The molecule has 1 aliphatic heterocycles. The van der Waals surface area contributed by atoms with Crippen molar-refractivity contribution in [1.29, 1.82) is 5.26 Å². The van der Waals surface area contributed by atoms with Crippen LogP contribution in [0.1, 0.15) is 23.2 Å². The molecule has 0 amide bonds. The van der Waals surface area contributed by atoms with Crippen molar-refractivity contribution in [2.45, 2.75) is 12.8 Å². The molecule has 0 aliphatic carbocycles. The largest absolute Gasteiger partial charge is 0.478 e. The zero-order chi connectivity index (χ0) is 22.1. The van der Waals surface area contributed by atoms with E-state index >= 15 is 0 Å². The van der Waals surface area contributed by atoms with Gasteiger partial charge in [0.25, 0.3) is 5.95 Å². The molecule has 1 N–H and O–H groups in total. The number of rotatable bonds is 4. The molecule has 1 saturated heterocycles. The molecule has 0 spiro atoms. The first-order chi connectivity index (χ1) is 15.6. The monoisotopic (exact) mass is 424 g/mol. The average molecular weight is 424 g/mol. The summed E-state index contributed by atoms with van der Waals surface area (Å²) in [4.78, 5) is 22.9. The van der Waals surface area contributed by atoms with Crippen LogP contribution in [0.3, 0.4) is 0 Å². The quantitative estimate of drug-likeness (QED) is 0.529. The average Bonchev–Trinajstić information content (AvgIpc) is 3.35. The Hall–Kier alpha value is -4.25. The molecule has 4 aromatic rings. The maximum absolute atomic E-state index is 11.3. The minimum Gasteiger partial charge on any atom is -0.478 e. The number of carboxylic acid groups (broad SMARTS) is 1. The van der Waals surface area contributed by atoms with Crippen molar-refractivity contribution in [3.05, 3.63) is 66.5 Å². The number of piperidine rings is 1. The fourth-order valence-electron chi connectivity index (χ4n) is 4.02. The maximum Gasteiger partial charge on any atom is 0.338 e. The first kappa shape index (κ1) is 19.7. The molecule has 0 saturated carbocycles.